The summed E-state index contributed by atoms with van der Waals surface area (Å²) in [5, 5.41) is 0. The fraction of sp³-hybridized carbons (Fsp3) is 0.706. The van der Waals surface area contributed by atoms with Gasteiger partial charge in [-0.2, -0.15) is 0 Å². The van der Waals surface area contributed by atoms with E-state index in [1.807, 2.05) is 18.2 Å². The van der Waals surface area contributed by atoms with Gasteiger partial charge in [-0.25, -0.2) is 0 Å². The zero-order valence-electron chi connectivity index (χ0n) is 13.3. The number of pyridine rings is 1. The molecule has 2 heteroatoms. The molecular formula is C17H32BN. The van der Waals surface area contributed by atoms with E-state index in [0.717, 1.165) is 6.71 Å². The van der Waals surface area contributed by atoms with Crippen LogP contribution in [0.25, 0.3) is 0 Å². The molecule has 0 aliphatic rings. The quantitative estimate of drug-likeness (QED) is 0.499. The van der Waals surface area contributed by atoms with E-state index in [2.05, 4.69) is 25.8 Å². The van der Waals surface area contributed by atoms with Gasteiger partial charge in [-0.3, -0.25) is 4.98 Å². The third-order valence-corrected chi connectivity index (χ3v) is 3.46. The third-order valence-electron chi connectivity index (χ3n) is 3.46. The van der Waals surface area contributed by atoms with Crippen molar-refractivity contribution < 1.29 is 0 Å². The fourth-order valence-electron chi connectivity index (χ4n) is 2.22. The van der Waals surface area contributed by atoms with Crippen LogP contribution in [0.3, 0.4) is 0 Å². The van der Waals surface area contributed by atoms with Crippen LogP contribution >= 0.6 is 0 Å². The molecule has 0 aliphatic heterocycles. The van der Waals surface area contributed by atoms with Crippen molar-refractivity contribution in [3.63, 3.8) is 0 Å². The van der Waals surface area contributed by atoms with Crippen LogP contribution in [0.1, 0.15) is 59.3 Å². The van der Waals surface area contributed by atoms with E-state index in [-0.39, 0.29) is 0 Å². The summed E-state index contributed by atoms with van der Waals surface area (Å²) < 4.78 is 0. The Hall–Kier alpha value is -0.785. The SMILES string of the molecule is CCCCB(CCCC)CCCC.c1ccncc1. The van der Waals surface area contributed by atoms with E-state index >= 15 is 0 Å². The number of rotatable bonds is 9. The molecule has 1 aromatic heterocycles. The van der Waals surface area contributed by atoms with Gasteiger partial charge in [0.15, 0.2) is 0 Å². The molecular weight excluding hydrogens is 229 g/mol. The summed E-state index contributed by atoms with van der Waals surface area (Å²) in [7, 11) is 0. The summed E-state index contributed by atoms with van der Waals surface area (Å²) in [5.41, 5.74) is 0. The number of unbranched alkanes of at least 4 members (excludes halogenated alkanes) is 3. The monoisotopic (exact) mass is 261 g/mol. The number of nitrogens with zero attached hydrogens (tertiary/aromatic N) is 1. The Labute approximate surface area is 121 Å². The summed E-state index contributed by atoms with van der Waals surface area (Å²) >= 11 is 0. The van der Waals surface area contributed by atoms with Crippen molar-refractivity contribution in [2.45, 2.75) is 78.3 Å². The molecule has 0 N–H and O–H groups in total. The average Bonchev–Trinajstić information content (AvgIpc) is 2.49. The second-order valence-electron chi connectivity index (χ2n) is 5.32. The van der Waals surface area contributed by atoms with E-state index in [1.54, 1.807) is 12.4 Å². The van der Waals surface area contributed by atoms with Crippen molar-refractivity contribution in [2.75, 3.05) is 0 Å². The maximum absolute atomic E-state index is 3.78. The summed E-state index contributed by atoms with van der Waals surface area (Å²) in [5.74, 6) is 0. The van der Waals surface area contributed by atoms with Gasteiger partial charge in [0, 0.05) is 12.4 Å². The number of hydrogen-bond acceptors (Lipinski definition) is 1. The molecule has 0 amide bonds. The molecule has 0 fully saturated rings. The molecule has 0 unspecified atom stereocenters. The molecule has 0 saturated heterocycles. The highest BCUT2D eigenvalue weighted by Crippen LogP contribution is 2.16. The highest BCUT2D eigenvalue weighted by molar-refractivity contribution is 6.58. The number of aromatic nitrogens is 1. The highest BCUT2D eigenvalue weighted by Gasteiger charge is 2.10. The Morgan fingerprint density at radius 3 is 1.32 bits per heavy atom. The minimum absolute atomic E-state index is 1.04. The zero-order valence-corrected chi connectivity index (χ0v) is 13.3. The van der Waals surface area contributed by atoms with Gasteiger partial charge in [0.1, 0.15) is 6.71 Å². The summed E-state index contributed by atoms with van der Waals surface area (Å²) in [6.45, 7) is 7.95. The van der Waals surface area contributed by atoms with E-state index < -0.39 is 0 Å². The largest absolute Gasteiger partial charge is 0.265 e. The number of hydrogen-bond donors (Lipinski definition) is 0. The molecule has 1 aromatic rings. The molecule has 108 valence electrons. The second-order valence-corrected chi connectivity index (χ2v) is 5.32. The first kappa shape index (κ1) is 18.2. The first-order valence-electron chi connectivity index (χ1n) is 8.20. The average molecular weight is 261 g/mol. The van der Waals surface area contributed by atoms with Crippen molar-refractivity contribution in [3.8, 4) is 0 Å². The Bertz CT molecular complexity index is 205. The van der Waals surface area contributed by atoms with E-state index in [4.69, 9.17) is 0 Å². The first-order chi connectivity index (χ1) is 9.35. The predicted octanol–water partition coefficient (Wildman–Crippen LogP) is 5.96. The zero-order chi connectivity index (χ0) is 14.2. The van der Waals surface area contributed by atoms with Crippen LogP contribution in [0.15, 0.2) is 30.6 Å². The standard InChI is InChI=1S/C12H27B.C5H5N/c1-4-7-10-13(11-8-5-2)12-9-6-3;1-2-4-6-5-3-1/h4-12H2,1-3H3;1-5H. The maximum atomic E-state index is 3.78. The normalized spacial score (nSPS) is 9.63. The second kappa shape index (κ2) is 15.3. The van der Waals surface area contributed by atoms with Crippen molar-refractivity contribution in [1.82, 2.24) is 4.98 Å². The van der Waals surface area contributed by atoms with Gasteiger partial charge in [0.05, 0.1) is 0 Å². The lowest BCUT2D eigenvalue weighted by Gasteiger charge is -2.11. The summed E-state index contributed by atoms with van der Waals surface area (Å²) in [4.78, 5) is 3.78. The first-order valence-corrected chi connectivity index (χ1v) is 8.20. The van der Waals surface area contributed by atoms with Gasteiger partial charge in [-0.15, -0.1) is 0 Å². The van der Waals surface area contributed by atoms with Crippen LogP contribution in [-0.4, -0.2) is 11.7 Å². The van der Waals surface area contributed by atoms with Crippen molar-refractivity contribution in [2.24, 2.45) is 0 Å². The van der Waals surface area contributed by atoms with Gasteiger partial charge in [0.2, 0.25) is 0 Å². The molecule has 0 spiro atoms. The topological polar surface area (TPSA) is 12.9 Å². The highest BCUT2D eigenvalue weighted by atomic mass is 14.6. The molecule has 1 heterocycles. The molecule has 19 heavy (non-hydrogen) atoms. The molecule has 1 rings (SSSR count). The van der Waals surface area contributed by atoms with Gasteiger partial charge < -0.3 is 0 Å². The van der Waals surface area contributed by atoms with Crippen molar-refractivity contribution >= 4 is 6.71 Å². The van der Waals surface area contributed by atoms with Crippen molar-refractivity contribution in [3.05, 3.63) is 30.6 Å². The molecule has 0 saturated carbocycles. The molecule has 0 aliphatic carbocycles. The lowest BCUT2D eigenvalue weighted by molar-refractivity contribution is 0.812. The van der Waals surface area contributed by atoms with Gasteiger partial charge >= 0.3 is 0 Å². The lowest BCUT2D eigenvalue weighted by atomic mass is 9.41. The van der Waals surface area contributed by atoms with Crippen LogP contribution < -0.4 is 0 Å². The Balaban J connectivity index is 0.000000443. The molecule has 0 radical (unpaired) electrons. The van der Waals surface area contributed by atoms with Crippen LogP contribution in [0.5, 0.6) is 0 Å². The van der Waals surface area contributed by atoms with Gasteiger partial charge in [-0.1, -0.05) is 84.3 Å². The van der Waals surface area contributed by atoms with Crippen LogP contribution in [-0.2, 0) is 0 Å². The lowest BCUT2D eigenvalue weighted by Crippen LogP contribution is -2.11. The van der Waals surface area contributed by atoms with Gasteiger partial charge in [0.25, 0.3) is 0 Å². The van der Waals surface area contributed by atoms with Crippen molar-refractivity contribution in [1.29, 1.82) is 0 Å². The van der Waals surface area contributed by atoms with E-state index in [0.29, 0.717) is 0 Å². The van der Waals surface area contributed by atoms with E-state index in [9.17, 15) is 0 Å². The third kappa shape index (κ3) is 13.4. The fourth-order valence-corrected chi connectivity index (χ4v) is 2.22. The predicted molar refractivity (Wildman–Crippen MR) is 89.1 cm³/mol. The molecule has 0 aromatic carbocycles. The Morgan fingerprint density at radius 1 is 0.684 bits per heavy atom. The Morgan fingerprint density at radius 2 is 1.11 bits per heavy atom. The smallest absolute Gasteiger partial charge is 0.139 e. The Kier molecular flexibility index (Phi) is 14.6. The summed E-state index contributed by atoms with van der Waals surface area (Å²) in [6.07, 6.45) is 16.4. The molecule has 0 atom stereocenters. The van der Waals surface area contributed by atoms with Crippen LogP contribution in [0, 0.1) is 0 Å². The molecule has 0 bridgehead atoms. The molecule has 1 nitrogen and oxygen atoms in total. The van der Waals surface area contributed by atoms with E-state index in [1.165, 1.54) is 57.5 Å². The maximum Gasteiger partial charge on any atom is 0.139 e. The summed E-state index contributed by atoms with van der Waals surface area (Å²) in [6, 6.07) is 5.72. The minimum atomic E-state index is 1.04. The van der Waals surface area contributed by atoms with Crippen LogP contribution in [0.2, 0.25) is 19.0 Å². The minimum Gasteiger partial charge on any atom is -0.265 e. The van der Waals surface area contributed by atoms with Gasteiger partial charge in [-0.05, 0) is 12.1 Å². The van der Waals surface area contributed by atoms with Crippen LogP contribution in [0.4, 0.5) is 0 Å².